The number of likely N-dealkylation sites (N-methyl/N-ethyl adjacent to an activating group) is 1. The Morgan fingerprint density at radius 2 is 2.16 bits per heavy atom. The number of H-pyrrole nitrogens is 1. The summed E-state index contributed by atoms with van der Waals surface area (Å²) in [5, 5.41) is 0. The zero-order chi connectivity index (χ0) is 14.0. The van der Waals surface area contributed by atoms with Crippen LogP contribution in [0.15, 0.2) is 18.2 Å². The van der Waals surface area contributed by atoms with Crippen molar-refractivity contribution in [2.75, 3.05) is 27.2 Å². The van der Waals surface area contributed by atoms with Crippen molar-refractivity contribution in [2.24, 2.45) is 0 Å². The SMILES string of the molecule is CCOc1cccc2c1[nH]c(=S)n2C(C)CN(C)C. The first kappa shape index (κ1) is 14.1. The Balaban J connectivity index is 2.53. The van der Waals surface area contributed by atoms with E-state index < -0.39 is 0 Å². The van der Waals surface area contributed by atoms with Gasteiger partial charge in [0.2, 0.25) is 0 Å². The first-order valence-electron chi connectivity index (χ1n) is 6.55. The molecule has 0 spiro atoms. The average Bonchev–Trinajstić information content (AvgIpc) is 2.66. The van der Waals surface area contributed by atoms with Crippen molar-refractivity contribution in [1.29, 1.82) is 0 Å². The molecule has 1 N–H and O–H groups in total. The van der Waals surface area contributed by atoms with Crippen molar-refractivity contribution < 1.29 is 4.74 Å². The largest absolute Gasteiger partial charge is 0.492 e. The van der Waals surface area contributed by atoms with Crippen molar-refractivity contribution in [3.8, 4) is 5.75 Å². The van der Waals surface area contributed by atoms with Gasteiger partial charge in [0.15, 0.2) is 4.77 Å². The molecule has 4 nitrogen and oxygen atoms in total. The lowest BCUT2D eigenvalue weighted by atomic mass is 10.2. The number of aromatic nitrogens is 2. The first-order valence-corrected chi connectivity index (χ1v) is 6.96. The van der Waals surface area contributed by atoms with E-state index in [-0.39, 0.29) is 0 Å². The first-order chi connectivity index (χ1) is 9.04. The van der Waals surface area contributed by atoms with Gasteiger partial charge < -0.3 is 19.2 Å². The summed E-state index contributed by atoms with van der Waals surface area (Å²) in [6.45, 7) is 5.76. The zero-order valence-corrected chi connectivity index (χ0v) is 12.8. The zero-order valence-electron chi connectivity index (χ0n) is 11.9. The third-order valence-corrected chi connectivity index (χ3v) is 3.38. The maximum absolute atomic E-state index is 5.65. The van der Waals surface area contributed by atoms with Gasteiger partial charge in [-0.2, -0.15) is 0 Å². The summed E-state index contributed by atoms with van der Waals surface area (Å²) in [7, 11) is 4.14. The summed E-state index contributed by atoms with van der Waals surface area (Å²) in [6, 6.07) is 6.37. The Labute approximate surface area is 119 Å². The number of hydrogen-bond acceptors (Lipinski definition) is 3. The molecule has 0 saturated heterocycles. The smallest absolute Gasteiger partial charge is 0.178 e. The minimum atomic E-state index is 0.313. The topological polar surface area (TPSA) is 33.2 Å². The molecule has 0 aliphatic carbocycles. The van der Waals surface area contributed by atoms with Gasteiger partial charge in [-0.05, 0) is 52.3 Å². The van der Waals surface area contributed by atoms with E-state index in [4.69, 9.17) is 17.0 Å². The molecule has 2 rings (SSSR count). The molecule has 1 heterocycles. The molecule has 2 aromatic rings. The second-order valence-electron chi connectivity index (χ2n) is 4.99. The van der Waals surface area contributed by atoms with Crippen LogP contribution in [0.5, 0.6) is 5.75 Å². The van der Waals surface area contributed by atoms with Crippen LogP contribution in [0.2, 0.25) is 0 Å². The maximum Gasteiger partial charge on any atom is 0.178 e. The monoisotopic (exact) mass is 279 g/mol. The van der Waals surface area contributed by atoms with Crippen LogP contribution in [-0.4, -0.2) is 41.7 Å². The van der Waals surface area contributed by atoms with Gasteiger partial charge in [0, 0.05) is 12.6 Å². The lowest BCUT2D eigenvalue weighted by Crippen LogP contribution is -2.22. The quantitative estimate of drug-likeness (QED) is 0.853. The molecule has 1 unspecified atom stereocenters. The molecule has 0 bridgehead atoms. The van der Waals surface area contributed by atoms with Gasteiger partial charge in [-0.1, -0.05) is 6.07 Å². The Morgan fingerprint density at radius 3 is 2.79 bits per heavy atom. The lowest BCUT2D eigenvalue weighted by molar-refractivity contribution is 0.339. The highest BCUT2D eigenvalue weighted by atomic mass is 32.1. The van der Waals surface area contributed by atoms with Gasteiger partial charge in [0.1, 0.15) is 11.3 Å². The number of hydrogen-bond donors (Lipinski definition) is 1. The van der Waals surface area contributed by atoms with Crippen LogP contribution < -0.4 is 4.74 Å². The standard InChI is InChI=1S/C14H21N3OS/c1-5-18-12-8-6-7-11-13(12)15-14(19)17(11)10(2)9-16(3)4/h6-8,10H,5,9H2,1-4H3,(H,15,19). The number of benzene rings is 1. The van der Waals surface area contributed by atoms with Gasteiger partial charge in [-0.3, -0.25) is 0 Å². The van der Waals surface area contributed by atoms with Crippen LogP contribution in [0.1, 0.15) is 19.9 Å². The molecule has 0 amide bonds. The lowest BCUT2D eigenvalue weighted by Gasteiger charge is -2.19. The predicted molar refractivity (Wildman–Crippen MR) is 81.6 cm³/mol. The highest BCUT2D eigenvalue weighted by molar-refractivity contribution is 7.71. The molecular formula is C14H21N3OS. The fourth-order valence-electron chi connectivity index (χ4n) is 2.45. The molecule has 1 aromatic heterocycles. The molecule has 1 aromatic carbocycles. The Hall–Kier alpha value is -1.33. The number of nitrogens with one attached hydrogen (secondary N) is 1. The molecule has 19 heavy (non-hydrogen) atoms. The summed E-state index contributed by atoms with van der Waals surface area (Å²) in [5.74, 6) is 0.863. The van der Waals surface area contributed by atoms with Crippen molar-refractivity contribution >= 4 is 23.3 Å². The Morgan fingerprint density at radius 1 is 1.42 bits per heavy atom. The molecular weight excluding hydrogens is 258 g/mol. The fourth-order valence-corrected chi connectivity index (χ4v) is 2.83. The predicted octanol–water partition coefficient (Wildman–Crippen LogP) is 3.22. The van der Waals surface area contributed by atoms with E-state index in [2.05, 4.69) is 41.5 Å². The summed E-state index contributed by atoms with van der Waals surface area (Å²) in [6.07, 6.45) is 0. The van der Waals surface area contributed by atoms with E-state index in [1.54, 1.807) is 0 Å². The van der Waals surface area contributed by atoms with Gasteiger partial charge >= 0.3 is 0 Å². The summed E-state index contributed by atoms with van der Waals surface area (Å²) in [5.41, 5.74) is 2.09. The minimum absolute atomic E-state index is 0.313. The van der Waals surface area contributed by atoms with Gasteiger partial charge in [0.25, 0.3) is 0 Å². The normalized spacial score (nSPS) is 13.1. The van der Waals surface area contributed by atoms with Gasteiger partial charge in [-0.15, -0.1) is 0 Å². The molecule has 104 valence electrons. The Kier molecular flexibility index (Phi) is 4.27. The maximum atomic E-state index is 5.65. The molecule has 0 fully saturated rings. The molecule has 1 atom stereocenters. The highest BCUT2D eigenvalue weighted by Gasteiger charge is 2.14. The number of para-hydroxylation sites is 1. The van der Waals surface area contributed by atoms with E-state index in [1.807, 2.05) is 19.1 Å². The van der Waals surface area contributed by atoms with Gasteiger partial charge in [0.05, 0.1) is 12.1 Å². The third kappa shape index (κ3) is 2.82. The van der Waals surface area contributed by atoms with Crippen LogP contribution >= 0.6 is 12.2 Å². The average molecular weight is 279 g/mol. The van der Waals surface area contributed by atoms with E-state index in [1.165, 1.54) is 0 Å². The second kappa shape index (κ2) is 5.75. The number of fused-ring (bicyclic) bond motifs is 1. The summed E-state index contributed by atoms with van der Waals surface area (Å²) >= 11 is 5.46. The van der Waals surface area contributed by atoms with Crippen LogP contribution in [0.25, 0.3) is 11.0 Å². The van der Waals surface area contributed by atoms with Crippen molar-refractivity contribution in [2.45, 2.75) is 19.9 Å². The summed E-state index contributed by atoms with van der Waals surface area (Å²) < 4.78 is 8.55. The number of rotatable bonds is 5. The van der Waals surface area contributed by atoms with E-state index >= 15 is 0 Å². The van der Waals surface area contributed by atoms with Crippen molar-refractivity contribution in [3.63, 3.8) is 0 Å². The third-order valence-electron chi connectivity index (χ3n) is 3.08. The fraction of sp³-hybridized carbons (Fsp3) is 0.500. The number of imidazole rings is 1. The number of nitrogens with zero attached hydrogens (tertiary/aromatic N) is 2. The van der Waals surface area contributed by atoms with E-state index in [0.717, 1.165) is 28.1 Å². The number of aromatic amines is 1. The minimum Gasteiger partial charge on any atom is -0.492 e. The van der Waals surface area contributed by atoms with E-state index in [0.29, 0.717) is 12.6 Å². The van der Waals surface area contributed by atoms with Crippen LogP contribution in [0, 0.1) is 4.77 Å². The van der Waals surface area contributed by atoms with Crippen LogP contribution in [0.3, 0.4) is 0 Å². The summed E-state index contributed by atoms with van der Waals surface area (Å²) in [4.78, 5) is 5.43. The highest BCUT2D eigenvalue weighted by Crippen LogP contribution is 2.27. The van der Waals surface area contributed by atoms with Crippen LogP contribution in [-0.2, 0) is 0 Å². The molecule has 0 aliphatic rings. The molecule has 0 saturated carbocycles. The Bertz CT molecular complexity index is 615. The van der Waals surface area contributed by atoms with Crippen LogP contribution in [0.4, 0.5) is 0 Å². The molecule has 0 aliphatic heterocycles. The second-order valence-corrected chi connectivity index (χ2v) is 5.38. The molecule has 5 heteroatoms. The van der Waals surface area contributed by atoms with E-state index in [9.17, 15) is 0 Å². The molecule has 0 radical (unpaired) electrons. The van der Waals surface area contributed by atoms with Crippen molar-refractivity contribution in [1.82, 2.24) is 14.5 Å². The number of ether oxygens (including phenoxy) is 1. The van der Waals surface area contributed by atoms with Gasteiger partial charge in [-0.25, -0.2) is 0 Å². The van der Waals surface area contributed by atoms with Crippen molar-refractivity contribution in [3.05, 3.63) is 23.0 Å².